The van der Waals surface area contributed by atoms with Gasteiger partial charge in [-0.3, -0.25) is 4.79 Å². The number of carbonyl (C=O) groups excluding carboxylic acids is 1. The third kappa shape index (κ3) is 1.13. The maximum atomic E-state index is 12.4. The molecular weight excluding hydrogens is 260 g/mol. The Bertz CT molecular complexity index is 567. The molecular formula is C15H18O5. The summed E-state index contributed by atoms with van der Waals surface area (Å²) in [6, 6.07) is 0. The van der Waals surface area contributed by atoms with Crippen molar-refractivity contribution in [2.24, 2.45) is 11.3 Å². The molecule has 5 nitrogen and oxygen atoms in total. The summed E-state index contributed by atoms with van der Waals surface area (Å²) in [6.07, 6.45) is 0.318. The van der Waals surface area contributed by atoms with Gasteiger partial charge in [0.05, 0.1) is 12.7 Å². The first-order valence-corrected chi connectivity index (χ1v) is 6.96. The normalized spacial score (nSPS) is 55.3. The molecule has 7 atom stereocenters. The molecule has 0 spiro atoms. The van der Waals surface area contributed by atoms with Crippen LogP contribution in [-0.2, 0) is 14.3 Å². The predicted molar refractivity (Wildman–Crippen MR) is 68.9 cm³/mol. The van der Waals surface area contributed by atoms with Crippen LogP contribution < -0.4 is 0 Å². The zero-order valence-corrected chi connectivity index (χ0v) is 11.5. The van der Waals surface area contributed by atoms with Crippen LogP contribution in [0.25, 0.3) is 0 Å². The molecule has 20 heavy (non-hydrogen) atoms. The van der Waals surface area contributed by atoms with Crippen molar-refractivity contribution < 1.29 is 24.5 Å². The van der Waals surface area contributed by atoms with Crippen molar-refractivity contribution >= 4 is 5.78 Å². The molecule has 0 aromatic rings. The third-order valence-electron chi connectivity index (χ3n) is 5.78. The molecule has 2 heterocycles. The van der Waals surface area contributed by atoms with Gasteiger partial charge < -0.3 is 19.7 Å². The van der Waals surface area contributed by atoms with Crippen LogP contribution in [0.4, 0.5) is 0 Å². The number of rotatable bonds is 2. The largest absolute Gasteiger partial charge is 0.392 e. The van der Waals surface area contributed by atoms with Gasteiger partial charge in [-0.25, -0.2) is 0 Å². The molecule has 0 amide bonds. The van der Waals surface area contributed by atoms with Crippen LogP contribution in [0.2, 0.25) is 0 Å². The molecule has 0 bridgehead atoms. The van der Waals surface area contributed by atoms with Crippen LogP contribution >= 0.6 is 0 Å². The second-order valence-electron chi connectivity index (χ2n) is 6.54. The quantitative estimate of drug-likeness (QED) is 0.547. The van der Waals surface area contributed by atoms with Crippen molar-refractivity contribution in [3.05, 3.63) is 23.8 Å². The number of epoxide rings is 2. The minimum Gasteiger partial charge on any atom is -0.392 e. The highest BCUT2D eigenvalue weighted by Crippen LogP contribution is 2.66. The molecule has 1 saturated carbocycles. The molecule has 0 aromatic heterocycles. The lowest BCUT2D eigenvalue weighted by molar-refractivity contribution is -0.119. The SMILES string of the molecule is C=C(CO)C12OC1C1(C)C(=CC2=O)C2OC2C(O)C1C. The highest BCUT2D eigenvalue weighted by atomic mass is 16.6. The summed E-state index contributed by atoms with van der Waals surface area (Å²) >= 11 is 0. The van der Waals surface area contributed by atoms with Crippen LogP contribution in [0.3, 0.4) is 0 Å². The van der Waals surface area contributed by atoms with E-state index >= 15 is 0 Å². The second-order valence-corrected chi connectivity index (χ2v) is 6.54. The summed E-state index contributed by atoms with van der Waals surface area (Å²) < 4.78 is 11.3. The van der Waals surface area contributed by atoms with Gasteiger partial charge in [-0.2, -0.15) is 0 Å². The Kier molecular flexibility index (Phi) is 2.17. The molecule has 2 aliphatic heterocycles. The van der Waals surface area contributed by atoms with Crippen molar-refractivity contribution in [2.45, 2.75) is 43.9 Å². The Morgan fingerprint density at radius 1 is 1.55 bits per heavy atom. The summed E-state index contributed by atoms with van der Waals surface area (Å²) in [5.41, 5.74) is -0.232. The first kappa shape index (κ1) is 12.7. The van der Waals surface area contributed by atoms with E-state index in [1.807, 2.05) is 13.8 Å². The van der Waals surface area contributed by atoms with Gasteiger partial charge in [0, 0.05) is 5.41 Å². The maximum absolute atomic E-state index is 12.4. The van der Waals surface area contributed by atoms with Gasteiger partial charge in [0.25, 0.3) is 0 Å². The van der Waals surface area contributed by atoms with E-state index in [1.165, 1.54) is 0 Å². The monoisotopic (exact) mass is 278 g/mol. The van der Waals surface area contributed by atoms with Crippen molar-refractivity contribution in [1.82, 2.24) is 0 Å². The van der Waals surface area contributed by atoms with E-state index < -0.39 is 17.1 Å². The van der Waals surface area contributed by atoms with Crippen LogP contribution in [0.15, 0.2) is 23.8 Å². The lowest BCUT2D eigenvalue weighted by atomic mass is 9.57. The minimum absolute atomic E-state index is 0.0797. The van der Waals surface area contributed by atoms with Gasteiger partial charge in [0.1, 0.15) is 18.3 Å². The van der Waals surface area contributed by atoms with Gasteiger partial charge in [-0.15, -0.1) is 0 Å². The molecule has 2 aliphatic carbocycles. The highest BCUT2D eigenvalue weighted by Gasteiger charge is 2.77. The van der Waals surface area contributed by atoms with Crippen LogP contribution in [0.1, 0.15) is 13.8 Å². The van der Waals surface area contributed by atoms with E-state index in [4.69, 9.17) is 9.47 Å². The molecule has 4 aliphatic rings. The fraction of sp³-hybridized carbons (Fsp3) is 0.667. The van der Waals surface area contributed by atoms with Crippen LogP contribution in [0.5, 0.6) is 0 Å². The Hall–Kier alpha value is -1.01. The van der Waals surface area contributed by atoms with Crippen molar-refractivity contribution in [2.75, 3.05) is 6.61 Å². The lowest BCUT2D eigenvalue weighted by Gasteiger charge is -2.44. The van der Waals surface area contributed by atoms with E-state index in [0.717, 1.165) is 5.57 Å². The molecule has 5 heteroatoms. The minimum atomic E-state index is -1.09. The number of aliphatic hydroxyl groups excluding tert-OH is 2. The standard InChI is InChI=1S/C15H18O5/c1-6(5-16)15-9(17)4-8-11-12(19-11)10(18)7(2)14(8,3)13(15)20-15/h4,7,10-13,16,18H,1,5H2,2-3H3. The van der Waals surface area contributed by atoms with Gasteiger partial charge >= 0.3 is 0 Å². The number of aliphatic hydroxyl groups is 2. The summed E-state index contributed by atoms with van der Waals surface area (Å²) in [7, 11) is 0. The highest BCUT2D eigenvalue weighted by molar-refractivity contribution is 6.05. The Labute approximate surface area is 116 Å². The molecule has 108 valence electrons. The van der Waals surface area contributed by atoms with Crippen molar-refractivity contribution in [3.63, 3.8) is 0 Å². The Balaban J connectivity index is 1.84. The molecule has 3 fully saturated rings. The zero-order chi connectivity index (χ0) is 14.4. The average Bonchev–Trinajstić information content (AvgIpc) is 3.30. The van der Waals surface area contributed by atoms with Crippen molar-refractivity contribution in [1.29, 1.82) is 0 Å². The van der Waals surface area contributed by atoms with E-state index in [2.05, 4.69) is 6.58 Å². The van der Waals surface area contributed by atoms with Gasteiger partial charge in [-0.1, -0.05) is 20.4 Å². The predicted octanol–water partition coefficient (Wildman–Crippen LogP) is -0.0341. The van der Waals surface area contributed by atoms with Crippen LogP contribution in [0, 0.1) is 11.3 Å². The summed E-state index contributed by atoms with van der Waals surface area (Å²) in [5.74, 6) is -0.240. The van der Waals surface area contributed by atoms with E-state index in [-0.39, 0.29) is 36.6 Å². The van der Waals surface area contributed by atoms with Gasteiger partial charge in [-0.05, 0) is 23.1 Å². The number of carbonyl (C=O) groups is 1. The lowest BCUT2D eigenvalue weighted by Crippen LogP contribution is -2.53. The van der Waals surface area contributed by atoms with E-state index in [0.29, 0.717) is 5.57 Å². The second kappa shape index (κ2) is 3.42. The Morgan fingerprint density at radius 3 is 2.90 bits per heavy atom. The van der Waals surface area contributed by atoms with Gasteiger partial charge in [0.15, 0.2) is 11.4 Å². The number of hydrogen-bond donors (Lipinski definition) is 2. The number of ether oxygens (including phenoxy) is 2. The summed E-state index contributed by atoms with van der Waals surface area (Å²) in [6.45, 7) is 7.47. The molecule has 4 rings (SSSR count). The molecule has 7 unspecified atom stereocenters. The first-order valence-electron chi connectivity index (χ1n) is 6.96. The molecule has 0 radical (unpaired) electrons. The van der Waals surface area contributed by atoms with Gasteiger partial charge in [0.2, 0.25) is 0 Å². The number of hydrogen-bond acceptors (Lipinski definition) is 5. The van der Waals surface area contributed by atoms with E-state index in [9.17, 15) is 15.0 Å². The average molecular weight is 278 g/mol. The topological polar surface area (TPSA) is 82.6 Å². The van der Waals surface area contributed by atoms with Crippen LogP contribution in [-0.4, -0.2) is 52.6 Å². The molecule has 2 N–H and O–H groups in total. The fourth-order valence-corrected chi connectivity index (χ4v) is 4.16. The third-order valence-corrected chi connectivity index (χ3v) is 5.78. The molecule has 0 aromatic carbocycles. The summed E-state index contributed by atoms with van der Waals surface area (Å²) in [4.78, 5) is 12.4. The van der Waals surface area contributed by atoms with E-state index in [1.54, 1.807) is 6.08 Å². The maximum Gasteiger partial charge on any atom is 0.194 e. The smallest absolute Gasteiger partial charge is 0.194 e. The number of ketones is 1. The Morgan fingerprint density at radius 2 is 2.25 bits per heavy atom. The summed E-state index contributed by atoms with van der Waals surface area (Å²) in [5, 5.41) is 19.6. The van der Waals surface area contributed by atoms with Crippen molar-refractivity contribution in [3.8, 4) is 0 Å². The number of fused-ring (bicyclic) bond motifs is 5. The first-order chi connectivity index (χ1) is 9.38. The zero-order valence-electron chi connectivity index (χ0n) is 11.5. The molecule has 2 saturated heterocycles. The fourth-order valence-electron chi connectivity index (χ4n) is 4.16.